The number of anilines is 1. The van der Waals surface area contributed by atoms with Gasteiger partial charge in [-0.15, -0.1) is 0 Å². The Hall–Kier alpha value is -2.54. The number of nitriles is 1. The molecule has 22 heavy (non-hydrogen) atoms. The van der Waals surface area contributed by atoms with Crippen LogP contribution in [0.1, 0.15) is 28.9 Å². The van der Waals surface area contributed by atoms with Crippen LogP contribution in [0.15, 0.2) is 30.3 Å². The van der Waals surface area contributed by atoms with E-state index in [0.717, 1.165) is 36.3 Å². The summed E-state index contributed by atoms with van der Waals surface area (Å²) >= 11 is 0. The third kappa shape index (κ3) is 2.39. The molecule has 0 aliphatic carbocycles. The fourth-order valence-electron chi connectivity index (χ4n) is 3.21. The van der Waals surface area contributed by atoms with Gasteiger partial charge in [-0.3, -0.25) is 4.79 Å². The average molecular weight is 293 g/mol. The van der Waals surface area contributed by atoms with Gasteiger partial charge < -0.3 is 9.47 Å². The first-order valence-corrected chi connectivity index (χ1v) is 7.57. The van der Waals surface area contributed by atoms with E-state index in [9.17, 15) is 10.1 Å². The van der Waals surface area contributed by atoms with Gasteiger partial charge in [-0.25, -0.2) is 0 Å². The molecule has 4 heteroatoms. The molecule has 0 fully saturated rings. The highest BCUT2D eigenvalue weighted by atomic mass is 16.2. The van der Waals surface area contributed by atoms with Crippen LogP contribution in [0.4, 0.5) is 5.69 Å². The van der Waals surface area contributed by atoms with E-state index in [1.165, 1.54) is 5.56 Å². The standard InChI is InChI=1S/C18H19N3O/c1-13-10-14(2)21(17(13)11-19)12-18(22)20-9-5-7-15-6-3-4-8-16(15)20/h3-4,6,8,10H,5,7,9,12H2,1-2H3. The summed E-state index contributed by atoms with van der Waals surface area (Å²) in [6.07, 6.45) is 2.00. The van der Waals surface area contributed by atoms with Crippen molar-refractivity contribution in [2.75, 3.05) is 11.4 Å². The first-order valence-electron chi connectivity index (χ1n) is 7.57. The zero-order valence-corrected chi connectivity index (χ0v) is 13.0. The van der Waals surface area contributed by atoms with Gasteiger partial charge in [0.05, 0.1) is 0 Å². The Balaban J connectivity index is 1.90. The topological polar surface area (TPSA) is 49.0 Å². The zero-order chi connectivity index (χ0) is 15.7. The van der Waals surface area contributed by atoms with Gasteiger partial charge in [0.25, 0.3) is 0 Å². The Morgan fingerprint density at radius 1 is 1.32 bits per heavy atom. The fourth-order valence-corrected chi connectivity index (χ4v) is 3.21. The van der Waals surface area contributed by atoms with E-state index in [0.29, 0.717) is 5.69 Å². The van der Waals surface area contributed by atoms with E-state index in [2.05, 4.69) is 12.1 Å². The minimum atomic E-state index is 0.0438. The van der Waals surface area contributed by atoms with E-state index >= 15 is 0 Å². The summed E-state index contributed by atoms with van der Waals surface area (Å²) < 4.78 is 1.81. The van der Waals surface area contributed by atoms with Crippen molar-refractivity contribution in [3.05, 3.63) is 52.8 Å². The number of fused-ring (bicyclic) bond motifs is 1. The first-order chi connectivity index (χ1) is 10.6. The van der Waals surface area contributed by atoms with Crippen LogP contribution in [0.2, 0.25) is 0 Å². The monoisotopic (exact) mass is 293 g/mol. The molecule has 112 valence electrons. The number of para-hydroxylation sites is 1. The van der Waals surface area contributed by atoms with Gasteiger partial charge >= 0.3 is 0 Å². The summed E-state index contributed by atoms with van der Waals surface area (Å²) in [7, 11) is 0. The smallest absolute Gasteiger partial charge is 0.246 e. The maximum absolute atomic E-state index is 12.8. The van der Waals surface area contributed by atoms with Crippen molar-refractivity contribution in [3.63, 3.8) is 0 Å². The lowest BCUT2D eigenvalue weighted by atomic mass is 10.0. The normalized spacial score (nSPS) is 13.6. The molecular formula is C18H19N3O. The molecule has 3 rings (SSSR count). The Kier molecular flexibility index (Phi) is 3.72. The summed E-state index contributed by atoms with van der Waals surface area (Å²) in [5.41, 5.74) is 4.69. The first kappa shape index (κ1) is 14.4. The molecule has 0 radical (unpaired) electrons. The van der Waals surface area contributed by atoms with Crippen molar-refractivity contribution in [1.29, 1.82) is 5.26 Å². The number of carbonyl (C=O) groups is 1. The lowest BCUT2D eigenvalue weighted by molar-refractivity contribution is -0.119. The number of rotatable bonds is 2. The summed E-state index contributed by atoms with van der Waals surface area (Å²) in [5.74, 6) is 0.0438. The summed E-state index contributed by atoms with van der Waals surface area (Å²) in [6.45, 7) is 4.81. The second kappa shape index (κ2) is 5.69. The maximum Gasteiger partial charge on any atom is 0.246 e. The highest BCUT2D eigenvalue weighted by molar-refractivity contribution is 5.94. The molecule has 1 aliphatic heterocycles. The van der Waals surface area contributed by atoms with Crippen molar-refractivity contribution < 1.29 is 4.79 Å². The van der Waals surface area contributed by atoms with Crippen LogP contribution in [0.25, 0.3) is 0 Å². The molecule has 0 atom stereocenters. The number of aromatic nitrogens is 1. The third-order valence-electron chi connectivity index (χ3n) is 4.31. The zero-order valence-electron chi connectivity index (χ0n) is 13.0. The molecule has 2 heterocycles. The molecule has 4 nitrogen and oxygen atoms in total. The molecule has 1 aromatic heterocycles. The molecule has 0 saturated carbocycles. The minimum Gasteiger partial charge on any atom is -0.327 e. The van der Waals surface area contributed by atoms with Gasteiger partial charge in [-0.2, -0.15) is 5.26 Å². The van der Waals surface area contributed by atoms with Crippen molar-refractivity contribution in [1.82, 2.24) is 4.57 Å². The van der Waals surface area contributed by atoms with E-state index in [4.69, 9.17) is 0 Å². The number of aryl methyl sites for hydroxylation is 3. The lowest BCUT2D eigenvalue weighted by Gasteiger charge is -2.29. The Morgan fingerprint density at radius 3 is 2.86 bits per heavy atom. The quantitative estimate of drug-likeness (QED) is 0.854. The van der Waals surface area contributed by atoms with Crippen molar-refractivity contribution in [2.24, 2.45) is 0 Å². The van der Waals surface area contributed by atoms with Crippen LogP contribution < -0.4 is 4.90 Å². The van der Waals surface area contributed by atoms with Crippen LogP contribution >= 0.6 is 0 Å². The molecule has 0 saturated heterocycles. The highest BCUT2D eigenvalue weighted by Gasteiger charge is 2.23. The molecule has 0 N–H and O–H groups in total. The van der Waals surface area contributed by atoms with Gasteiger partial charge in [0.2, 0.25) is 5.91 Å². The Bertz CT molecular complexity index is 767. The lowest BCUT2D eigenvalue weighted by Crippen LogP contribution is -2.38. The molecule has 1 amide bonds. The SMILES string of the molecule is Cc1cc(C)n(CC(=O)N2CCCc3ccccc32)c1C#N. The molecule has 1 aromatic carbocycles. The maximum atomic E-state index is 12.8. The predicted octanol–water partition coefficient (Wildman–Crippen LogP) is 2.96. The van der Waals surface area contributed by atoms with Gasteiger partial charge in [-0.1, -0.05) is 18.2 Å². The van der Waals surface area contributed by atoms with E-state index < -0.39 is 0 Å². The number of nitrogens with zero attached hydrogens (tertiary/aromatic N) is 3. The van der Waals surface area contributed by atoms with Crippen molar-refractivity contribution in [2.45, 2.75) is 33.2 Å². The summed E-state index contributed by atoms with van der Waals surface area (Å²) in [5, 5.41) is 9.30. The fraction of sp³-hybridized carbons (Fsp3) is 0.333. The largest absolute Gasteiger partial charge is 0.327 e. The van der Waals surface area contributed by atoms with Gasteiger partial charge in [-0.05, 0) is 49.9 Å². The van der Waals surface area contributed by atoms with Crippen LogP contribution in [-0.2, 0) is 17.8 Å². The van der Waals surface area contributed by atoms with Gasteiger partial charge in [0.1, 0.15) is 18.3 Å². The third-order valence-corrected chi connectivity index (χ3v) is 4.31. The Labute approximate surface area is 130 Å². The molecule has 0 spiro atoms. The Morgan fingerprint density at radius 2 is 2.09 bits per heavy atom. The minimum absolute atomic E-state index is 0.0438. The number of hydrogen-bond acceptors (Lipinski definition) is 2. The molecule has 0 bridgehead atoms. The highest BCUT2D eigenvalue weighted by Crippen LogP contribution is 2.27. The molecule has 2 aromatic rings. The molecule has 1 aliphatic rings. The van der Waals surface area contributed by atoms with Gasteiger partial charge in [0, 0.05) is 17.9 Å². The van der Waals surface area contributed by atoms with E-state index in [1.54, 1.807) is 0 Å². The predicted molar refractivity (Wildman–Crippen MR) is 85.7 cm³/mol. The summed E-state index contributed by atoms with van der Waals surface area (Å²) in [4.78, 5) is 14.6. The number of hydrogen-bond donors (Lipinski definition) is 0. The number of benzene rings is 1. The van der Waals surface area contributed by atoms with Crippen LogP contribution in [-0.4, -0.2) is 17.0 Å². The molecule has 0 unspecified atom stereocenters. The summed E-state index contributed by atoms with van der Waals surface area (Å²) in [6, 6.07) is 12.2. The molecular weight excluding hydrogens is 274 g/mol. The second-order valence-corrected chi connectivity index (χ2v) is 5.79. The van der Waals surface area contributed by atoms with Crippen molar-refractivity contribution in [3.8, 4) is 6.07 Å². The number of amides is 1. The van der Waals surface area contributed by atoms with Crippen LogP contribution in [0.3, 0.4) is 0 Å². The second-order valence-electron chi connectivity index (χ2n) is 5.79. The van der Waals surface area contributed by atoms with E-state index in [-0.39, 0.29) is 12.5 Å². The van der Waals surface area contributed by atoms with Crippen LogP contribution in [0.5, 0.6) is 0 Å². The van der Waals surface area contributed by atoms with E-state index in [1.807, 2.05) is 47.6 Å². The average Bonchev–Trinajstić information content (AvgIpc) is 2.80. The van der Waals surface area contributed by atoms with Crippen molar-refractivity contribution >= 4 is 11.6 Å². The van der Waals surface area contributed by atoms with Gasteiger partial charge in [0.15, 0.2) is 0 Å². The van der Waals surface area contributed by atoms with Crippen LogP contribution in [0, 0.1) is 25.2 Å². The number of carbonyl (C=O) groups excluding carboxylic acids is 1.